The second-order valence-corrected chi connectivity index (χ2v) is 5.87. The summed E-state index contributed by atoms with van der Waals surface area (Å²) in [7, 11) is 0. The van der Waals surface area contributed by atoms with Crippen molar-refractivity contribution in [1.29, 1.82) is 0 Å². The summed E-state index contributed by atoms with van der Waals surface area (Å²) in [5.41, 5.74) is 7.18. The fraction of sp³-hybridized carbons (Fsp3) is 0.588. The summed E-state index contributed by atoms with van der Waals surface area (Å²) in [5, 5.41) is 0. The Bertz CT molecular complexity index is 454. The number of benzene rings is 1. The highest BCUT2D eigenvalue weighted by Crippen LogP contribution is 2.22. The minimum absolute atomic E-state index is 0.426. The highest BCUT2D eigenvalue weighted by Gasteiger charge is 2.16. The molecule has 1 aromatic carbocycles. The van der Waals surface area contributed by atoms with Crippen molar-refractivity contribution in [1.82, 2.24) is 4.90 Å². The summed E-state index contributed by atoms with van der Waals surface area (Å²) < 4.78 is 0. The van der Waals surface area contributed by atoms with E-state index in [-0.39, 0.29) is 0 Å². The molecule has 0 bridgehead atoms. The van der Waals surface area contributed by atoms with Gasteiger partial charge in [-0.05, 0) is 61.9 Å². The molecule has 0 unspecified atom stereocenters. The molecule has 0 N–H and O–H groups in total. The third-order valence-corrected chi connectivity index (χ3v) is 4.61. The van der Waals surface area contributed by atoms with Gasteiger partial charge in [-0.3, -0.25) is 4.79 Å². The molecule has 0 radical (unpaired) electrons. The Morgan fingerprint density at radius 1 is 1.00 bits per heavy atom. The summed E-state index contributed by atoms with van der Waals surface area (Å²) in [4.78, 5) is 13.7. The van der Waals surface area contributed by atoms with E-state index in [9.17, 15) is 4.79 Å². The predicted octanol–water partition coefficient (Wildman–Crippen LogP) is 3.13. The van der Waals surface area contributed by atoms with Crippen LogP contribution in [-0.2, 0) is 11.2 Å². The first-order chi connectivity index (χ1) is 8.99. The molecule has 0 aliphatic carbocycles. The van der Waals surface area contributed by atoms with E-state index in [1.165, 1.54) is 27.8 Å². The zero-order valence-corrected chi connectivity index (χ0v) is 12.7. The normalized spacial score (nSPS) is 16.9. The molecule has 1 aliphatic rings. The van der Waals surface area contributed by atoms with Gasteiger partial charge in [0.05, 0.1) is 0 Å². The molecule has 0 saturated carbocycles. The standard InChI is InChI=1S/C17H25NO/c1-12-11-13(2)15(4)17(14(12)3)7-10-18-8-5-16(19)6-9-18/h11H,5-10H2,1-4H3. The quantitative estimate of drug-likeness (QED) is 0.831. The van der Waals surface area contributed by atoms with E-state index < -0.39 is 0 Å². The van der Waals surface area contributed by atoms with Crippen molar-refractivity contribution in [2.75, 3.05) is 19.6 Å². The number of Topliss-reactive ketones (excluding diaryl/α,β-unsaturated/α-hetero) is 1. The topological polar surface area (TPSA) is 20.3 Å². The highest BCUT2D eigenvalue weighted by atomic mass is 16.1. The maximum Gasteiger partial charge on any atom is 0.135 e. The summed E-state index contributed by atoms with van der Waals surface area (Å²) >= 11 is 0. The second-order valence-electron chi connectivity index (χ2n) is 5.87. The zero-order valence-electron chi connectivity index (χ0n) is 12.7. The molecule has 1 aliphatic heterocycles. The van der Waals surface area contributed by atoms with E-state index in [1.807, 2.05) is 0 Å². The number of likely N-dealkylation sites (tertiary alicyclic amines) is 1. The molecule has 2 rings (SSSR count). The van der Waals surface area contributed by atoms with Crippen LogP contribution in [0.2, 0.25) is 0 Å². The highest BCUT2D eigenvalue weighted by molar-refractivity contribution is 5.79. The molecule has 1 fully saturated rings. The van der Waals surface area contributed by atoms with Crippen LogP contribution < -0.4 is 0 Å². The van der Waals surface area contributed by atoms with Gasteiger partial charge in [-0.1, -0.05) is 6.07 Å². The molecule has 2 heteroatoms. The number of ketones is 1. The van der Waals surface area contributed by atoms with E-state index in [1.54, 1.807) is 0 Å². The molecule has 104 valence electrons. The first-order valence-electron chi connectivity index (χ1n) is 7.29. The molecular formula is C17H25NO. The number of aryl methyl sites for hydroxylation is 2. The van der Waals surface area contributed by atoms with Gasteiger partial charge >= 0.3 is 0 Å². The largest absolute Gasteiger partial charge is 0.302 e. The molecule has 1 aromatic rings. The lowest BCUT2D eigenvalue weighted by atomic mass is 9.92. The van der Waals surface area contributed by atoms with Crippen LogP contribution in [0.25, 0.3) is 0 Å². The van der Waals surface area contributed by atoms with Crippen LogP contribution >= 0.6 is 0 Å². The van der Waals surface area contributed by atoms with Crippen molar-refractivity contribution < 1.29 is 4.79 Å². The zero-order chi connectivity index (χ0) is 14.0. The second kappa shape index (κ2) is 5.87. The van der Waals surface area contributed by atoms with E-state index >= 15 is 0 Å². The lowest BCUT2D eigenvalue weighted by Crippen LogP contribution is -2.35. The van der Waals surface area contributed by atoms with Gasteiger partial charge in [-0.25, -0.2) is 0 Å². The Kier molecular flexibility index (Phi) is 4.41. The van der Waals surface area contributed by atoms with Gasteiger partial charge < -0.3 is 4.90 Å². The molecule has 0 aromatic heterocycles. The van der Waals surface area contributed by atoms with Crippen LogP contribution in [-0.4, -0.2) is 30.3 Å². The predicted molar refractivity (Wildman–Crippen MR) is 79.8 cm³/mol. The Morgan fingerprint density at radius 3 is 2.05 bits per heavy atom. The SMILES string of the molecule is Cc1cc(C)c(C)c(CCN2CCC(=O)CC2)c1C. The van der Waals surface area contributed by atoms with Gasteiger partial charge in [0.15, 0.2) is 0 Å². The fourth-order valence-corrected chi connectivity index (χ4v) is 2.97. The molecule has 1 saturated heterocycles. The van der Waals surface area contributed by atoms with E-state index in [0.29, 0.717) is 5.78 Å². The van der Waals surface area contributed by atoms with Crippen molar-refractivity contribution in [3.63, 3.8) is 0 Å². The van der Waals surface area contributed by atoms with Gasteiger partial charge in [0, 0.05) is 32.5 Å². The van der Waals surface area contributed by atoms with Crippen LogP contribution in [0.1, 0.15) is 40.7 Å². The van der Waals surface area contributed by atoms with E-state index in [4.69, 9.17) is 0 Å². The smallest absolute Gasteiger partial charge is 0.135 e. The summed E-state index contributed by atoms with van der Waals surface area (Å²) in [6.07, 6.45) is 2.59. The summed E-state index contributed by atoms with van der Waals surface area (Å²) in [6, 6.07) is 2.29. The minimum Gasteiger partial charge on any atom is -0.302 e. The van der Waals surface area contributed by atoms with Crippen LogP contribution in [0.5, 0.6) is 0 Å². The van der Waals surface area contributed by atoms with E-state index in [0.717, 1.165) is 38.9 Å². The Balaban J connectivity index is 2.05. The average molecular weight is 259 g/mol. The van der Waals surface area contributed by atoms with Gasteiger partial charge in [0.25, 0.3) is 0 Å². The molecule has 19 heavy (non-hydrogen) atoms. The van der Waals surface area contributed by atoms with Gasteiger partial charge in [-0.2, -0.15) is 0 Å². The third-order valence-electron chi connectivity index (χ3n) is 4.61. The number of carbonyl (C=O) groups is 1. The fourth-order valence-electron chi connectivity index (χ4n) is 2.97. The molecule has 0 spiro atoms. The molecule has 2 nitrogen and oxygen atoms in total. The first-order valence-corrected chi connectivity index (χ1v) is 7.29. The van der Waals surface area contributed by atoms with Crippen molar-refractivity contribution >= 4 is 5.78 Å². The molecule has 0 amide bonds. The summed E-state index contributed by atoms with van der Waals surface area (Å²) in [5.74, 6) is 0.426. The third kappa shape index (κ3) is 3.24. The van der Waals surface area contributed by atoms with Crippen molar-refractivity contribution in [3.8, 4) is 0 Å². The van der Waals surface area contributed by atoms with Crippen LogP contribution in [0, 0.1) is 27.7 Å². The van der Waals surface area contributed by atoms with Crippen LogP contribution in [0.3, 0.4) is 0 Å². The molecule has 1 heterocycles. The van der Waals surface area contributed by atoms with Crippen molar-refractivity contribution in [3.05, 3.63) is 33.9 Å². The lowest BCUT2D eigenvalue weighted by Gasteiger charge is -2.26. The van der Waals surface area contributed by atoms with Crippen molar-refractivity contribution in [2.24, 2.45) is 0 Å². The average Bonchev–Trinajstić information content (AvgIpc) is 2.38. The Morgan fingerprint density at radius 2 is 1.53 bits per heavy atom. The Hall–Kier alpha value is -1.15. The van der Waals surface area contributed by atoms with Crippen molar-refractivity contribution in [2.45, 2.75) is 47.0 Å². The van der Waals surface area contributed by atoms with E-state index in [2.05, 4.69) is 38.7 Å². The maximum absolute atomic E-state index is 11.3. The van der Waals surface area contributed by atoms with Gasteiger partial charge in [0.1, 0.15) is 5.78 Å². The number of piperidine rings is 1. The minimum atomic E-state index is 0.426. The Labute approximate surface area is 116 Å². The number of hydrogen-bond acceptors (Lipinski definition) is 2. The molecular weight excluding hydrogens is 234 g/mol. The maximum atomic E-state index is 11.3. The monoisotopic (exact) mass is 259 g/mol. The van der Waals surface area contributed by atoms with Crippen LogP contribution in [0.4, 0.5) is 0 Å². The lowest BCUT2D eigenvalue weighted by molar-refractivity contribution is -0.121. The summed E-state index contributed by atoms with van der Waals surface area (Å²) in [6.45, 7) is 11.8. The number of rotatable bonds is 3. The number of nitrogens with zero attached hydrogens (tertiary/aromatic N) is 1. The number of hydrogen-bond donors (Lipinski definition) is 0. The molecule has 0 atom stereocenters. The first kappa shape index (κ1) is 14.3. The van der Waals surface area contributed by atoms with Crippen LogP contribution in [0.15, 0.2) is 6.07 Å². The number of carbonyl (C=O) groups excluding carboxylic acids is 1. The van der Waals surface area contributed by atoms with Gasteiger partial charge in [-0.15, -0.1) is 0 Å². The van der Waals surface area contributed by atoms with Gasteiger partial charge in [0.2, 0.25) is 0 Å².